The molecule has 0 aliphatic carbocycles. The average Bonchev–Trinajstić information content (AvgIpc) is 3.07. The van der Waals surface area contributed by atoms with E-state index in [1.54, 1.807) is 25.4 Å². The normalized spacial score (nSPS) is 12.6. The van der Waals surface area contributed by atoms with Gasteiger partial charge in [-0.2, -0.15) is 0 Å². The van der Waals surface area contributed by atoms with E-state index in [-0.39, 0.29) is 11.6 Å². The number of imidazole rings is 1. The molecule has 0 spiro atoms. The van der Waals surface area contributed by atoms with E-state index >= 15 is 0 Å². The maximum absolute atomic E-state index is 13.4. The van der Waals surface area contributed by atoms with Gasteiger partial charge in [0, 0.05) is 25.1 Å². The second-order valence-electron chi connectivity index (χ2n) is 7.93. The first-order valence-electron chi connectivity index (χ1n) is 10.7. The van der Waals surface area contributed by atoms with Gasteiger partial charge in [-0.25, -0.2) is 23.2 Å². The number of sulfone groups is 1. The second-order valence-corrected chi connectivity index (χ2v) is 10.1. The van der Waals surface area contributed by atoms with Gasteiger partial charge in [0.2, 0.25) is 0 Å². The van der Waals surface area contributed by atoms with Crippen LogP contribution in [-0.2, 0) is 16.9 Å². The summed E-state index contributed by atoms with van der Waals surface area (Å²) in [5.74, 6) is 0.312. The monoisotopic (exact) mass is 482 g/mol. The van der Waals surface area contributed by atoms with Gasteiger partial charge in [-0.3, -0.25) is 9.13 Å². The van der Waals surface area contributed by atoms with E-state index in [1.807, 2.05) is 43.3 Å². The van der Waals surface area contributed by atoms with E-state index < -0.39 is 21.6 Å². The maximum atomic E-state index is 13.4. The van der Waals surface area contributed by atoms with Crippen molar-refractivity contribution < 1.29 is 17.9 Å². The third kappa shape index (κ3) is 4.54. The zero-order valence-corrected chi connectivity index (χ0v) is 20.2. The largest absolute Gasteiger partial charge is 0.491 e. The Balaban J connectivity index is 1.93. The predicted molar refractivity (Wildman–Crippen MR) is 130 cm³/mol. The van der Waals surface area contributed by atoms with Gasteiger partial charge in [0.1, 0.15) is 9.84 Å². The number of rotatable bonds is 8. The number of hydrogen-bond acceptors (Lipinski definition) is 7. The first-order valence-corrected chi connectivity index (χ1v) is 12.8. The van der Waals surface area contributed by atoms with Crippen molar-refractivity contribution >= 4 is 21.0 Å². The standard InChI is InChI=1S/C24H26N4O5S/c1-5-33-23-21(32-3)12-11-18(26-23)20(15-34(4,30)31)28-22-19(27(2)24(28)29)13-17(14-25-22)16-9-7-6-8-10-16/h6-14,20H,5,15H2,1-4H3. The Labute approximate surface area is 197 Å². The Bertz CT molecular complexity index is 1490. The molecular weight excluding hydrogens is 456 g/mol. The summed E-state index contributed by atoms with van der Waals surface area (Å²) in [6.45, 7) is 2.16. The maximum Gasteiger partial charge on any atom is 0.330 e. The summed E-state index contributed by atoms with van der Waals surface area (Å²) in [6.07, 6.45) is 2.81. The van der Waals surface area contributed by atoms with E-state index in [1.165, 1.54) is 16.2 Å². The Morgan fingerprint density at radius 3 is 2.47 bits per heavy atom. The minimum atomic E-state index is -3.50. The molecule has 178 valence electrons. The lowest BCUT2D eigenvalue weighted by atomic mass is 10.1. The fourth-order valence-corrected chi connectivity index (χ4v) is 4.80. The lowest BCUT2D eigenvalue weighted by molar-refractivity contribution is 0.296. The van der Waals surface area contributed by atoms with Crippen molar-refractivity contribution in [2.24, 2.45) is 7.05 Å². The molecule has 0 amide bonds. The molecule has 9 nitrogen and oxygen atoms in total. The minimum Gasteiger partial charge on any atom is -0.491 e. The highest BCUT2D eigenvalue weighted by atomic mass is 32.2. The average molecular weight is 483 g/mol. The van der Waals surface area contributed by atoms with E-state index in [0.717, 1.165) is 17.4 Å². The molecule has 0 radical (unpaired) electrons. The third-order valence-corrected chi connectivity index (χ3v) is 6.42. The Morgan fingerprint density at radius 2 is 1.82 bits per heavy atom. The first-order chi connectivity index (χ1) is 16.2. The highest BCUT2D eigenvalue weighted by molar-refractivity contribution is 7.90. The molecule has 4 aromatic rings. The van der Waals surface area contributed by atoms with Crippen molar-refractivity contribution in [2.75, 3.05) is 25.7 Å². The van der Waals surface area contributed by atoms with Gasteiger partial charge in [-0.1, -0.05) is 30.3 Å². The number of aromatic nitrogens is 4. The van der Waals surface area contributed by atoms with Crippen molar-refractivity contribution in [2.45, 2.75) is 13.0 Å². The molecule has 0 saturated heterocycles. The summed E-state index contributed by atoms with van der Waals surface area (Å²) in [5, 5.41) is 0. The molecular formula is C24H26N4O5S. The molecule has 0 bridgehead atoms. The summed E-state index contributed by atoms with van der Waals surface area (Å²) in [6, 6.07) is 14.0. The number of nitrogens with zero attached hydrogens (tertiary/aromatic N) is 4. The van der Waals surface area contributed by atoms with Gasteiger partial charge in [-0.05, 0) is 30.7 Å². The first kappa shape index (κ1) is 23.5. The molecule has 0 aliphatic rings. The number of ether oxygens (including phenoxy) is 2. The molecule has 0 N–H and O–H groups in total. The summed E-state index contributed by atoms with van der Waals surface area (Å²) in [5.41, 5.74) is 2.74. The predicted octanol–water partition coefficient (Wildman–Crippen LogP) is 2.84. The van der Waals surface area contributed by atoms with Gasteiger partial charge >= 0.3 is 5.69 Å². The van der Waals surface area contributed by atoms with Crippen LogP contribution < -0.4 is 15.2 Å². The molecule has 0 saturated carbocycles. The van der Waals surface area contributed by atoms with E-state index in [0.29, 0.717) is 29.2 Å². The van der Waals surface area contributed by atoms with Crippen molar-refractivity contribution in [1.82, 2.24) is 19.1 Å². The van der Waals surface area contributed by atoms with Gasteiger partial charge in [0.15, 0.2) is 11.4 Å². The fourth-order valence-electron chi connectivity index (χ4n) is 3.90. The molecule has 4 rings (SSSR count). The summed E-state index contributed by atoms with van der Waals surface area (Å²) >= 11 is 0. The van der Waals surface area contributed by atoms with E-state index in [2.05, 4.69) is 9.97 Å². The zero-order chi connectivity index (χ0) is 24.5. The van der Waals surface area contributed by atoms with Gasteiger partial charge < -0.3 is 9.47 Å². The van der Waals surface area contributed by atoms with E-state index in [4.69, 9.17) is 9.47 Å². The molecule has 1 unspecified atom stereocenters. The van der Waals surface area contributed by atoms with Gasteiger partial charge in [-0.15, -0.1) is 0 Å². The molecule has 34 heavy (non-hydrogen) atoms. The number of fused-ring (bicyclic) bond motifs is 1. The van der Waals surface area contributed by atoms with Crippen LogP contribution in [0.2, 0.25) is 0 Å². The van der Waals surface area contributed by atoms with Crippen LogP contribution in [0.15, 0.2) is 59.5 Å². The van der Waals surface area contributed by atoms with Crippen molar-refractivity contribution in [3.05, 3.63) is 70.9 Å². The molecule has 0 aliphatic heterocycles. The van der Waals surface area contributed by atoms with Gasteiger partial charge in [0.05, 0.1) is 36.7 Å². The van der Waals surface area contributed by atoms with Crippen LogP contribution in [0.1, 0.15) is 18.7 Å². The number of hydrogen-bond donors (Lipinski definition) is 0. The lowest BCUT2D eigenvalue weighted by Gasteiger charge is -2.19. The zero-order valence-electron chi connectivity index (χ0n) is 19.4. The highest BCUT2D eigenvalue weighted by Gasteiger charge is 2.28. The van der Waals surface area contributed by atoms with Crippen molar-refractivity contribution in [3.8, 4) is 22.8 Å². The van der Waals surface area contributed by atoms with Crippen LogP contribution >= 0.6 is 0 Å². The second kappa shape index (κ2) is 9.30. The molecule has 10 heteroatoms. The van der Waals surface area contributed by atoms with Crippen molar-refractivity contribution in [1.29, 1.82) is 0 Å². The third-order valence-electron chi connectivity index (χ3n) is 5.50. The summed E-state index contributed by atoms with van der Waals surface area (Å²) < 4.78 is 38.5. The fraction of sp³-hybridized carbons (Fsp3) is 0.292. The van der Waals surface area contributed by atoms with E-state index in [9.17, 15) is 13.2 Å². The Kier molecular flexibility index (Phi) is 6.43. The lowest BCUT2D eigenvalue weighted by Crippen LogP contribution is -2.31. The minimum absolute atomic E-state index is 0.230. The van der Waals surface area contributed by atoms with Crippen LogP contribution in [0.25, 0.3) is 22.3 Å². The number of benzene rings is 1. The summed E-state index contributed by atoms with van der Waals surface area (Å²) in [4.78, 5) is 22.5. The number of aryl methyl sites for hydroxylation is 1. The molecule has 1 atom stereocenters. The number of pyridine rings is 2. The molecule has 3 aromatic heterocycles. The van der Waals surface area contributed by atoms with Crippen LogP contribution in [0, 0.1) is 0 Å². The number of methoxy groups -OCH3 is 1. The molecule has 1 aromatic carbocycles. The van der Waals surface area contributed by atoms with Gasteiger partial charge in [0.25, 0.3) is 5.88 Å². The van der Waals surface area contributed by atoms with Crippen molar-refractivity contribution in [3.63, 3.8) is 0 Å². The SMILES string of the molecule is CCOc1nc(C(CS(C)(=O)=O)n2c(=O)n(C)c3cc(-c4ccccc4)cnc32)ccc1OC. The topological polar surface area (TPSA) is 105 Å². The van der Waals surface area contributed by atoms with Crippen LogP contribution in [0.5, 0.6) is 11.6 Å². The Morgan fingerprint density at radius 1 is 1.09 bits per heavy atom. The molecule has 3 heterocycles. The van der Waals surface area contributed by atoms with Crippen LogP contribution in [-0.4, -0.2) is 53.2 Å². The quantitative estimate of drug-likeness (QED) is 0.380. The Hall–Kier alpha value is -3.66. The summed E-state index contributed by atoms with van der Waals surface area (Å²) in [7, 11) is -0.359. The van der Waals surface area contributed by atoms with Crippen LogP contribution in [0.3, 0.4) is 0 Å². The highest BCUT2D eigenvalue weighted by Crippen LogP contribution is 2.30. The smallest absolute Gasteiger partial charge is 0.330 e. The van der Waals surface area contributed by atoms with Crippen LogP contribution in [0.4, 0.5) is 0 Å². The molecule has 0 fully saturated rings.